The van der Waals surface area contributed by atoms with Crippen LogP contribution in [0.25, 0.3) is 10.2 Å². The van der Waals surface area contributed by atoms with Gasteiger partial charge in [0.05, 0.1) is 28.5 Å². The minimum Gasteiger partial charge on any atom is -0.348 e. The van der Waals surface area contributed by atoms with Crippen molar-refractivity contribution in [3.63, 3.8) is 0 Å². The van der Waals surface area contributed by atoms with Gasteiger partial charge in [-0.2, -0.15) is 0 Å². The third kappa shape index (κ3) is 5.04. The molecule has 0 aliphatic carbocycles. The van der Waals surface area contributed by atoms with Crippen LogP contribution < -0.4 is 16.0 Å². The normalized spacial score (nSPS) is 14.3. The molecule has 1 aliphatic heterocycles. The number of carbonyl (C=O) groups is 2. The summed E-state index contributed by atoms with van der Waals surface area (Å²) >= 11 is 1.39. The zero-order chi connectivity index (χ0) is 24.4. The van der Waals surface area contributed by atoms with Crippen LogP contribution >= 0.6 is 11.3 Å². The van der Waals surface area contributed by atoms with E-state index < -0.39 is 5.82 Å². The number of hydrogen-bond donors (Lipinski definition) is 3. The van der Waals surface area contributed by atoms with Gasteiger partial charge in [0.2, 0.25) is 5.95 Å². The number of nitrogens with zero attached hydrogens (tertiary/aromatic N) is 4. The van der Waals surface area contributed by atoms with Crippen LogP contribution in [-0.4, -0.2) is 50.9 Å². The molecule has 1 atom stereocenters. The quantitative estimate of drug-likeness (QED) is 0.375. The topological polar surface area (TPSA) is 112 Å². The van der Waals surface area contributed by atoms with Crippen molar-refractivity contribution in [2.45, 2.75) is 19.0 Å². The molecule has 3 aromatic heterocycles. The molecule has 0 radical (unpaired) electrons. The number of amides is 3. The largest absolute Gasteiger partial charge is 0.348 e. The van der Waals surface area contributed by atoms with Crippen LogP contribution in [0, 0.1) is 5.82 Å². The first-order chi connectivity index (χ1) is 17.0. The SMILES string of the molecule is C[C@H](Nc1nc(C(=O)N2CC(NC(=O)Nc3ccccc3)C2)c2sccc2n1)c1cncc(F)c1. The van der Waals surface area contributed by atoms with Crippen LogP contribution in [0.5, 0.6) is 0 Å². The van der Waals surface area contributed by atoms with Crippen LogP contribution in [0.2, 0.25) is 0 Å². The summed E-state index contributed by atoms with van der Waals surface area (Å²) in [4.78, 5) is 40.0. The highest BCUT2D eigenvalue weighted by atomic mass is 32.1. The lowest BCUT2D eigenvalue weighted by molar-refractivity contribution is 0.0576. The summed E-state index contributed by atoms with van der Waals surface area (Å²) in [5.74, 6) is -0.391. The van der Waals surface area contributed by atoms with Crippen molar-refractivity contribution in [2.75, 3.05) is 23.7 Å². The molecular weight excluding hydrogens is 469 g/mol. The number of urea groups is 1. The maximum absolute atomic E-state index is 13.6. The molecule has 0 saturated carbocycles. The van der Waals surface area contributed by atoms with E-state index in [1.54, 1.807) is 23.2 Å². The minimum atomic E-state index is -0.431. The molecule has 1 saturated heterocycles. The summed E-state index contributed by atoms with van der Waals surface area (Å²) in [7, 11) is 0. The number of para-hydroxylation sites is 1. The van der Waals surface area contributed by atoms with E-state index in [1.165, 1.54) is 17.4 Å². The van der Waals surface area contributed by atoms with Gasteiger partial charge >= 0.3 is 6.03 Å². The highest BCUT2D eigenvalue weighted by Crippen LogP contribution is 2.27. The number of pyridine rings is 1. The van der Waals surface area contributed by atoms with Crippen molar-refractivity contribution in [1.29, 1.82) is 0 Å². The van der Waals surface area contributed by atoms with Gasteiger partial charge in [0.15, 0.2) is 5.69 Å². The lowest BCUT2D eigenvalue weighted by atomic mass is 10.1. The Morgan fingerprint density at radius 3 is 2.71 bits per heavy atom. The monoisotopic (exact) mass is 491 g/mol. The Labute approximate surface area is 204 Å². The van der Waals surface area contributed by atoms with E-state index >= 15 is 0 Å². The Balaban J connectivity index is 1.25. The van der Waals surface area contributed by atoms with E-state index in [1.807, 2.05) is 36.6 Å². The number of nitrogens with one attached hydrogen (secondary N) is 3. The van der Waals surface area contributed by atoms with Crippen LogP contribution in [0.4, 0.5) is 20.8 Å². The van der Waals surface area contributed by atoms with Crippen molar-refractivity contribution in [3.8, 4) is 0 Å². The van der Waals surface area contributed by atoms with E-state index in [0.29, 0.717) is 40.3 Å². The molecule has 0 bridgehead atoms. The van der Waals surface area contributed by atoms with Crippen LogP contribution in [0.15, 0.2) is 60.2 Å². The van der Waals surface area contributed by atoms with Crippen molar-refractivity contribution in [1.82, 2.24) is 25.2 Å². The summed E-state index contributed by atoms with van der Waals surface area (Å²) in [6.07, 6.45) is 2.71. The Morgan fingerprint density at radius 1 is 1.14 bits per heavy atom. The number of likely N-dealkylation sites (tertiary alicyclic amines) is 1. The van der Waals surface area contributed by atoms with Gasteiger partial charge in [-0.05, 0) is 42.1 Å². The van der Waals surface area contributed by atoms with Gasteiger partial charge in [-0.1, -0.05) is 18.2 Å². The third-order valence-electron chi connectivity index (χ3n) is 5.61. The number of aromatic nitrogens is 3. The molecule has 1 aromatic carbocycles. The standard InChI is InChI=1S/C24H22FN7O2S/c1-14(15-9-16(25)11-26-10-15)27-23-30-19-7-8-35-21(19)20(31-23)22(33)32-12-18(13-32)29-24(34)28-17-5-3-2-4-6-17/h2-11,14,18H,12-13H2,1H3,(H,27,30,31)(H2,28,29,34)/t14-/m0/s1. The maximum atomic E-state index is 13.6. The second-order valence-corrected chi connectivity index (χ2v) is 9.12. The second kappa shape index (κ2) is 9.63. The fourth-order valence-corrected chi connectivity index (χ4v) is 4.59. The third-order valence-corrected chi connectivity index (χ3v) is 6.52. The number of rotatable bonds is 6. The number of hydrogen-bond acceptors (Lipinski definition) is 7. The van der Waals surface area contributed by atoms with E-state index in [-0.39, 0.29) is 30.0 Å². The number of thiophene rings is 1. The Kier molecular flexibility index (Phi) is 6.23. The molecule has 3 N–H and O–H groups in total. The number of anilines is 2. The number of fused-ring (bicyclic) bond motifs is 1. The van der Waals surface area contributed by atoms with Crippen LogP contribution in [-0.2, 0) is 0 Å². The van der Waals surface area contributed by atoms with Crippen LogP contribution in [0.3, 0.4) is 0 Å². The van der Waals surface area contributed by atoms with Crippen molar-refractivity contribution < 1.29 is 14.0 Å². The van der Waals surface area contributed by atoms with E-state index in [2.05, 4.69) is 30.9 Å². The Morgan fingerprint density at radius 2 is 1.94 bits per heavy atom. The van der Waals surface area contributed by atoms with E-state index in [4.69, 9.17) is 0 Å². The first-order valence-electron chi connectivity index (χ1n) is 11.0. The molecule has 4 aromatic rings. The summed E-state index contributed by atoms with van der Waals surface area (Å²) in [6, 6.07) is 11.6. The van der Waals surface area contributed by atoms with Gasteiger partial charge in [-0.3, -0.25) is 9.78 Å². The number of halogens is 1. The minimum absolute atomic E-state index is 0.151. The molecule has 0 unspecified atom stereocenters. The smallest absolute Gasteiger partial charge is 0.319 e. The van der Waals surface area contributed by atoms with E-state index in [0.717, 1.165) is 6.20 Å². The molecule has 3 amide bonds. The van der Waals surface area contributed by atoms with Crippen LogP contribution in [0.1, 0.15) is 29.0 Å². The number of benzene rings is 1. The van der Waals surface area contributed by atoms with Gasteiger partial charge in [0.1, 0.15) is 5.82 Å². The Hall–Kier alpha value is -4.12. The highest BCUT2D eigenvalue weighted by Gasteiger charge is 2.34. The first-order valence-corrected chi connectivity index (χ1v) is 11.9. The molecule has 178 valence electrons. The number of carbonyl (C=O) groups excluding carboxylic acids is 2. The zero-order valence-corrected chi connectivity index (χ0v) is 19.6. The van der Waals surface area contributed by atoms with Gasteiger partial charge in [0, 0.05) is 25.0 Å². The Bertz CT molecular complexity index is 1370. The predicted molar refractivity (Wildman–Crippen MR) is 132 cm³/mol. The first kappa shape index (κ1) is 22.7. The summed E-state index contributed by atoms with van der Waals surface area (Å²) < 4.78 is 14.2. The van der Waals surface area contributed by atoms with Gasteiger partial charge < -0.3 is 20.9 Å². The molecule has 5 rings (SSSR count). The summed E-state index contributed by atoms with van der Waals surface area (Å²) in [6.45, 7) is 2.60. The molecule has 0 spiro atoms. The average molecular weight is 492 g/mol. The second-order valence-electron chi connectivity index (χ2n) is 8.20. The van der Waals surface area contributed by atoms with Crippen molar-refractivity contribution in [2.24, 2.45) is 0 Å². The molecule has 11 heteroatoms. The molecule has 35 heavy (non-hydrogen) atoms. The fourth-order valence-electron chi connectivity index (χ4n) is 3.77. The maximum Gasteiger partial charge on any atom is 0.319 e. The zero-order valence-electron chi connectivity index (χ0n) is 18.7. The fraction of sp³-hybridized carbons (Fsp3) is 0.208. The predicted octanol–water partition coefficient (Wildman–Crippen LogP) is 4.04. The lowest BCUT2D eigenvalue weighted by Crippen LogP contribution is -2.61. The van der Waals surface area contributed by atoms with Crippen molar-refractivity contribution >= 4 is 45.1 Å². The average Bonchev–Trinajstić information content (AvgIpc) is 3.29. The lowest BCUT2D eigenvalue weighted by Gasteiger charge is -2.39. The summed E-state index contributed by atoms with van der Waals surface area (Å²) in [5, 5.41) is 10.6. The molecule has 1 fully saturated rings. The molecule has 9 nitrogen and oxygen atoms in total. The highest BCUT2D eigenvalue weighted by molar-refractivity contribution is 7.17. The molecule has 4 heterocycles. The van der Waals surface area contributed by atoms with Crippen molar-refractivity contribution in [3.05, 3.63) is 77.3 Å². The van der Waals surface area contributed by atoms with E-state index in [9.17, 15) is 14.0 Å². The summed E-state index contributed by atoms with van der Waals surface area (Å²) in [5.41, 5.74) is 2.28. The molecular formula is C24H22FN7O2S. The van der Waals surface area contributed by atoms with Gasteiger partial charge in [-0.25, -0.2) is 19.2 Å². The molecule has 1 aliphatic rings. The van der Waals surface area contributed by atoms with Gasteiger partial charge in [0.25, 0.3) is 5.91 Å². The van der Waals surface area contributed by atoms with Gasteiger partial charge in [-0.15, -0.1) is 11.3 Å².